The molecular formula is C88H70N24Na2O6S2. The zero-order valence-electron chi connectivity index (χ0n) is 65.1. The molecule has 34 heteroatoms. The maximum atomic E-state index is 12.5. The second-order valence-corrected chi connectivity index (χ2v) is 28.7. The Morgan fingerprint density at radius 2 is 0.336 bits per heavy atom. The summed E-state index contributed by atoms with van der Waals surface area (Å²) in [5.74, 6) is 3.10. The van der Waals surface area contributed by atoms with Crippen molar-refractivity contribution in [1.82, 2.24) is 59.8 Å². The molecule has 0 saturated carbocycles. The number of para-hydroxylation sites is 8. The van der Waals surface area contributed by atoms with Gasteiger partial charge in [0.2, 0.25) is 71.4 Å². The summed E-state index contributed by atoms with van der Waals surface area (Å²) in [4.78, 5) is 53.4. The fourth-order valence-corrected chi connectivity index (χ4v) is 12.9. The molecule has 122 heavy (non-hydrogen) atoms. The average Bonchev–Trinajstić information content (AvgIpc) is 0.814. The van der Waals surface area contributed by atoms with Gasteiger partial charge in [-0.25, -0.2) is 16.8 Å². The Morgan fingerprint density at radius 1 is 0.189 bits per heavy atom. The van der Waals surface area contributed by atoms with Gasteiger partial charge in [-0.05, 0) is 168 Å². The Labute approximate surface area is 746 Å². The van der Waals surface area contributed by atoms with Crippen molar-refractivity contribution in [3.8, 4) is 0 Å². The summed E-state index contributed by atoms with van der Waals surface area (Å²) in [5, 5.41) is 38.0. The van der Waals surface area contributed by atoms with E-state index in [9.17, 15) is 25.9 Å². The van der Waals surface area contributed by atoms with Crippen LogP contribution in [0.4, 0.5) is 140 Å². The number of aromatic nitrogens is 12. The molecule has 0 spiro atoms. The molecule has 0 aliphatic rings. The van der Waals surface area contributed by atoms with Crippen molar-refractivity contribution < 1.29 is 85.1 Å². The maximum absolute atomic E-state index is 12.5. The number of anilines is 24. The van der Waals surface area contributed by atoms with Gasteiger partial charge in [-0.2, -0.15) is 59.8 Å². The van der Waals surface area contributed by atoms with E-state index >= 15 is 0 Å². The van der Waals surface area contributed by atoms with Crippen LogP contribution in [0.2, 0.25) is 0 Å². The number of nitrogens with zero attached hydrogens (tertiary/aromatic N) is 12. The van der Waals surface area contributed by atoms with Crippen LogP contribution in [0.1, 0.15) is 22.3 Å². The van der Waals surface area contributed by atoms with E-state index in [0.29, 0.717) is 47.1 Å². The summed E-state index contributed by atoms with van der Waals surface area (Å²) in [7, 11) is -9.79. The number of hydrogen-bond acceptors (Lipinski definition) is 30. The van der Waals surface area contributed by atoms with Crippen LogP contribution in [0, 0.1) is 0 Å². The van der Waals surface area contributed by atoms with Crippen molar-refractivity contribution in [2.75, 3.05) is 63.8 Å². The summed E-state index contributed by atoms with van der Waals surface area (Å²) in [6.45, 7) is 0. The van der Waals surface area contributed by atoms with Gasteiger partial charge in [0, 0.05) is 68.2 Å². The predicted octanol–water partition coefficient (Wildman–Crippen LogP) is 13.2. The first-order valence-electron chi connectivity index (χ1n) is 37.0. The second kappa shape index (κ2) is 41.3. The molecule has 0 radical (unpaired) electrons. The van der Waals surface area contributed by atoms with Crippen molar-refractivity contribution in [3.63, 3.8) is 0 Å². The first kappa shape index (κ1) is 85.5. The van der Waals surface area contributed by atoms with Crippen LogP contribution in [-0.4, -0.2) is 85.7 Å². The molecule has 0 fully saturated rings. The molecule has 0 aliphatic carbocycles. The Hall–Kier alpha value is -14.4. The van der Waals surface area contributed by atoms with Crippen LogP contribution < -0.4 is 123 Å². The molecule has 592 valence electrons. The van der Waals surface area contributed by atoms with Crippen LogP contribution in [0.15, 0.2) is 337 Å². The molecule has 30 nitrogen and oxygen atoms in total. The summed E-state index contributed by atoms with van der Waals surface area (Å²) in [6, 6.07) is 99.2. The second-order valence-electron chi connectivity index (χ2n) is 26.0. The van der Waals surface area contributed by atoms with Crippen molar-refractivity contribution >= 4 is 184 Å². The van der Waals surface area contributed by atoms with E-state index in [-0.39, 0.29) is 117 Å². The third-order valence-corrected chi connectivity index (χ3v) is 18.9. The minimum Gasteiger partial charge on any atom is -0.744 e. The van der Waals surface area contributed by atoms with E-state index in [1.54, 1.807) is 36.4 Å². The van der Waals surface area contributed by atoms with Gasteiger partial charge < -0.3 is 72.9 Å². The number of hydrogen-bond donors (Lipinski definition) is 12. The first-order valence-corrected chi connectivity index (χ1v) is 39.8. The van der Waals surface area contributed by atoms with Gasteiger partial charge in [0.1, 0.15) is 20.2 Å². The van der Waals surface area contributed by atoms with E-state index in [1.807, 2.05) is 291 Å². The molecule has 0 bridgehead atoms. The minimum absolute atomic E-state index is 0. The van der Waals surface area contributed by atoms with Gasteiger partial charge in [-0.15, -0.1) is 0 Å². The van der Waals surface area contributed by atoms with Crippen LogP contribution in [0.5, 0.6) is 0 Å². The quantitative estimate of drug-likeness (QED) is 0.0113. The Morgan fingerprint density at radius 3 is 0.500 bits per heavy atom. The molecule has 0 atom stereocenters. The third-order valence-electron chi connectivity index (χ3n) is 17.1. The van der Waals surface area contributed by atoms with Gasteiger partial charge in [-0.3, -0.25) is 0 Å². The molecule has 0 aliphatic heterocycles. The number of rotatable bonds is 30. The van der Waals surface area contributed by atoms with E-state index in [4.69, 9.17) is 0 Å². The first-order chi connectivity index (χ1) is 58.5. The van der Waals surface area contributed by atoms with E-state index in [0.717, 1.165) is 56.6 Å². The number of benzene rings is 12. The standard InChI is InChI=1S/2C44H36N12O3S.2Na/c2*57-60(58,59)38-29-37(50-44-55-41(47-34-17-9-3-10-18-34)52-42(56-44)48-35-19-11-4-12-20-35)28-25-31(38)24-21-30-22-26-36(27-23-30)49-43-53-39(45-32-13-5-1-6-14-32)51-40(54-43)46-33-15-7-2-8-16-33;;/h2*1-29H,(H,57,58,59)(H3,45,46,49,51,53,54)(H3,47,48,50,52,55,56);;/q;;2*+1/p-2. The molecular weight excluding hydrogens is 1600 g/mol. The molecule has 12 aromatic carbocycles. The normalized spacial score (nSPS) is 11.0. The van der Waals surface area contributed by atoms with Crippen LogP contribution in [0.3, 0.4) is 0 Å². The van der Waals surface area contributed by atoms with Gasteiger partial charge in [0.15, 0.2) is 0 Å². The molecule has 16 aromatic rings. The van der Waals surface area contributed by atoms with E-state index in [1.165, 1.54) is 24.3 Å². The predicted molar refractivity (Wildman–Crippen MR) is 470 cm³/mol. The minimum atomic E-state index is -4.90. The zero-order valence-corrected chi connectivity index (χ0v) is 70.8. The monoisotopic (exact) mass is 1670 g/mol. The molecule has 0 saturated heterocycles. The van der Waals surface area contributed by atoms with Crippen molar-refractivity contribution in [3.05, 3.63) is 350 Å². The summed E-state index contributed by atoms with van der Waals surface area (Å²) >= 11 is 0. The Kier molecular flexibility index (Phi) is 28.9. The van der Waals surface area contributed by atoms with Crippen LogP contribution in [0.25, 0.3) is 24.3 Å². The smallest absolute Gasteiger partial charge is 0.744 e. The van der Waals surface area contributed by atoms with Crippen molar-refractivity contribution in [1.29, 1.82) is 0 Å². The van der Waals surface area contributed by atoms with Gasteiger partial charge in [0.05, 0.1) is 9.79 Å². The summed E-state index contributed by atoms with van der Waals surface area (Å²) in [6.07, 6.45) is 6.56. The third kappa shape index (κ3) is 25.3. The topological polar surface area (TPSA) is 413 Å². The summed E-state index contributed by atoms with van der Waals surface area (Å²) in [5.41, 5.74) is 10.1. The van der Waals surface area contributed by atoms with E-state index < -0.39 is 30.0 Å². The molecule has 12 N–H and O–H groups in total. The molecule has 0 amide bonds. The molecule has 4 heterocycles. The zero-order chi connectivity index (χ0) is 82.3. The molecule has 0 unspecified atom stereocenters. The van der Waals surface area contributed by atoms with Crippen LogP contribution in [-0.2, 0) is 20.2 Å². The van der Waals surface area contributed by atoms with Crippen molar-refractivity contribution in [2.45, 2.75) is 9.79 Å². The fraction of sp³-hybridized carbons (Fsp3) is 0. The largest absolute Gasteiger partial charge is 1.00 e. The summed E-state index contributed by atoms with van der Waals surface area (Å²) < 4.78 is 75.3. The molecule has 16 rings (SSSR count). The van der Waals surface area contributed by atoms with E-state index in [2.05, 4.69) is 124 Å². The Balaban J connectivity index is 0.000000207. The van der Waals surface area contributed by atoms with Gasteiger partial charge in [-0.1, -0.05) is 206 Å². The van der Waals surface area contributed by atoms with Crippen LogP contribution >= 0.6 is 0 Å². The van der Waals surface area contributed by atoms with Gasteiger partial charge >= 0.3 is 59.1 Å². The van der Waals surface area contributed by atoms with Crippen molar-refractivity contribution in [2.24, 2.45) is 0 Å². The molecule has 4 aromatic heterocycles. The average molecular weight is 1670 g/mol. The SMILES string of the molecule is O=S(=O)([O-])c1cc(Nc2nc(Nc3ccccc3)nc(Nc3ccccc3)n2)ccc1C=Cc1ccc(Nc2nc(Nc3ccccc3)nc(Nc3ccccc3)n2)cc1.O=S(=O)([O-])c1cc(Nc2nc(Nc3ccccc3)nc(Nc3ccccc3)n2)ccc1C=Cc1ccc(Nc2nc(Nc3ccccc3)nc(Nc3ccccc3)n2)cc1.[Na+].[Na+]. The van der Waals surface area contributed by atoms with Gasteiger partial charge in [0.25, 0.3) is 0 Å². The fourth-order valence-electron chi connectivity index (χ4n) is 11.6. The number of nitrogens with one attached hydrogen (secondary N) is 12. The maximum Gasteiger partial charge on any atom is 1.00 e. The Bertz CT molecular complexity index is 5850.